The minimum atomic E-state index is -0.494. The second-order valence-electron chi connectivity index (χ2n) is 8.91. The molecule has 0 fully saturated rings. The van der Waals surface area contributed by atoms with Gasteiger partial charge in [0.2, 0.25) is 11.8 Å². The van der Waals surface area contributed by atoms with Crippen molar-refractivity contribution in [3.8, 4) is 0 Å². The van der Waals surface area contributed by atoms with E-state index in [0.29, 0.717) is 37.4 Å². The molecule has 1 N–H and O–H groups in total. The van der Waals surface area contributed by atoms with Crippen LogP contribution in [0.5, 0.6) is 0 Å². The van der Waals surface area contributed by atoms with Gasteiger partial charge in [0.05, 0.1) is 0 Å². The smallest absolute Gasteiger partial charge is 0.242 e. The fourth-order valence-electron chi connectivity index (χ4n) is 3.56. The summed E-state index contributed by atoms with van der Waals surface area (Å²) in [6, 6.07) is 15.4. The highest BCUT2D eigenvalue weighted by atomic mass is 35.5. The molecule has 0 saturated heterocycles. The zero-order valence-corrected chi connectivity index (χ0v) is 20.1. The molecule has 2 aromatic rings. The molecule has 168 valence electrons. The van der Waals surface area contributed by atoms with Gasteiger partial charge in [-0.3, -0.25) is 9.59 Å². The second-order valence-corrected chi connectivity index (χ2v) is 9.35. The van der Waals surface area contributed by atoms with Gasteiger partial charge in [-0.05, 0) is 54.0 Å². The van der Waals surface area contributed by atoms with Crippen molar-refractivity contribution < 1.29 is 9.59 Å². The summed E-state index contributed by atoms with van der Waals surface area (Å²) in [6.45, 7) is 11.3. The van der Waals surface area contributed by atoms with Gasteiger partial charge in [-0.2, -0.15) is 0 Å². The summed E-state index contributed by atoms with van der Waals surface area (Å²) in [7, 11) is 0. The lowest BCUT2D eigenvalue weighted by molar-refractivity contribution is -0.141. The Kier molecular flexibility index (Phi) is 9.12. The number of likely N-dealkylation sites (N-methyl/N-ethyl adjacent to an activating group) is 1. The van der Waals surface area contributed by atoms with Gasteiger partial charge >= 0.3 is 0 Å². The molecule has 2 amide bonds. The van der Waals surface area contributed by atoms with Gasteiger partial charge in [-0.1, -0.05) is 75.7 Å². The molecule has 0 aliphatic rings. The summed E-state index contributed by atoms with van der Waals surface area (Å²) >= 11 is 6.00. The number of hydrogen-bond acceptors (Lipinski definition) is 2. The molecular formula is C26H35ClN2O2. The Morgan fingerprint density at radius 3 is 2.06 bits per heavy atom. The van der Waals surface area contributed by atoms with E-state index in [2.05, 4.69) is 50.4 Å². The zero-order chi connectivity index (χ0) is 23.0. The van der Waals surface area contributed by atoms with E-state index in [-0.39, 0.29) is 17.2 Å². The third-order valence-corrected chi connectivity index (χ3v) is 5.70. The predicted molar refractivity (Wildman–Crippen MR) is 128 cm³/mol. The minimum absolute atomic E-state index is 0.0204. The molecule has 0 aliphatic carbocycles. The number of hydrogen-bond donors (Lipinski definition) is 1. The van der Waals surface area contributed by atoms with Crippen LogP contribution in [-0.4, -0.2) is 29.3 Å². The summed E-state index contributed by atoms with van der Waals surface area (Å²) in [5, 5.41) is 3.52. The number of aryl methyl sites for hydroxylation is 1. The van der Waals surface area contributed by atoms with E-state index in [1.165, 1.54) is 5.56 Å². The van der Waals surface area contributed by atoms with Gasteiger partial charge in [0.1, 0.15) is 6.04 Å². The fraction of sp³-hybridized carbons (Fsp3) is 0.462. The first-order valence-electron chi connectivity index (χ1n) is 11.1. The van der Waals surface area contributed by atoms with Crippen LogP contribution in [0.4, 0.5) is 0 Å². The predicted octanol–water partition coefficient (Wildman–Crippen LogP) is 5.51. The van der Waals surface area contributed by atoms with Crippen LogP contribution in [0.1, 0.15) is 64.2 Å². The van der Waals surface area contributed by atoms with Crippen molar-refractivity contribution in [1.29, 1.82) is 0 Å². The number of halogens is 1. The first-order valence-corrected chi connectivity index (χ1v) is 11.4. The number of benzene rings is 2. The fourth-order valence-corrected chi connectivity index (χ4v) is 3.69. The highest BCUT2D eigenvalue weighted by molar-refractivity contribution is 6.30. The van der Waals surface area contributed by atoms with Crippen LogP contribution in [0.15, 0.2) is 48.5 Å². The van der Waals surface area contributed by atoms with E-state index in [0.717, 1.165) is 11.1 Å². The Bertz CT molecular complexity index is 854. The molecule has 0 aromatic heterocycles. The zero-order valence-electron chi connectivity index (χ0n) is 19.4. The summed E-state index contributed by atoms with van der Waals surface area (Å²) in [5.41, 5.74) is 3.45. The monoisotopic (exact) mass is 442 g/mol. The first-order chi connectivity index (χ1) is 14.7. The Hall–Kier alpha value is -2.33. The van der Waals surface area contributed by atoms with Crippen molar-refractivity contribution in [2.75, 3.05) is 6.54 Å². The Balaban J connectivity index is 2.16. The van der Waals surface area contributed by atoms with Crippen molar-refractivity contribution in [3.63, 3.8) is 0 Å². The minimum Gasteiger partial charge on any atom is -0.355 e. The van der Waals surface area contributed by atoms with E-state index in [9.17, 15) is 9.59 Å². The number of rotatable bonds is 9. The highest BCUT2D eigenvalue weighted by Crippen LogP contribution is 2.23. The third kappa shape index (κ3) is 7.39. The van der Waals surface area contributed by atoms with E-state index in [1.54, 1.807) is 4.90 Å². The number of amides is 2. The van der Waals surface area contributed by atoms with Crippen LogP contribution in [-0.2, 0) is 28.0 Å². The molecule has 4 nitrogen and oxygen atoms in total. The third-order valence-electron chi connectivity index (χ3n) is 5.45. The van der Waals surface area contributed by atoms with Crippen molar-refractivity contribution >= 4 is 23.4 Å². The lowest BCUT2D eigenvalue weighted by Crippen LogP contribution is -2.49. The molecule has 0 bridgehead atoms. The van der Waals surface area contributed by atoms with Crippen LogP contribution in [0.25, 0.3) is 0 Å². The molecule has 2 aromatic carbocycles. The summed E-state index contributed by atoms with van der Waals surface area (Å²) in [5.74, 6) is -0.130. The largest absolute Gasteiger partial charge is 0.355 e. The number of nitrogens with zero attached hydrogens (tertiary/aromatic N) is 1. The lowest BCUT2D eigenvalue weighted by atomic mass is 9.86. The molecule has 0 radical (unpaired) electrons. The van der Waals surface area contributed by atoms with Gasteiger partial charge in [0.15, 0.2) is 0 Å². The quantitative estimate of drug-likeness (QED) is 0.556. The Labute approximate surface area is 192 Å². The van der Waals surface area contributed by atoms with E-state index in [1.807, 2.05) is 38.1 Å². The maximum atomic E-state index is 13.2. The molecule has 0 heterocycles. The molecule has 1 atom stereocenters. The lowest BCUT2D eigenvalue weighted by Gasteiger charge is -2.30. The normalized spacial score (nSPS) is 12.3. The van der Waals surface area contributed by atoms with Gasteiger partial charge in [0.25, 0.3) is 0 Å². The molecule has 2 rings (SSSR count). The molecule has 5 heteroatoms. The Morgan fingerprint density at radius 2 is 1.55 bits per heavy atom. The van der Waals surface area contributed by atoms with E-state index < -0.39 is 6.04 Å². The highest BCUT2D eigenvalue weighted by Gasteiger charge is 2.28. The topological polar surface area (TPSA) is 49.4 Å². The number of carbonyl (C=O) groups is 2. The summed E-state index contributed by atoms with van der Waals surface area (Å²) in [4.78, 5) is 27.6. The first kappa shape index (κ1) is 24.9. The average molecular weight is 443 g/mol. The second kappa shape index (κ2) is 11.3. The van der Waals surface area contributed by atoms with Gasteiger partial charge in [-0.25, -0.2) is 0 Å². The average Bonchev–Trinajstić information content (AvgIpc) is 2.73. The SMILES string of the molecule is CCNC(=O)C(CC)N(Cc1ccc(Cl)cc1)C(=O)CCc1ccc(C(C)(C)C)cc1. The molecule has 0 saturated carbocycles. The van der Waals surface area contributed by atoms with Crippen LogP contribution in [0, 0.1) is 0 Å². The van der Waals surface area contributed by atoms with Crippen LogP contribution >= 0.6 is 11.6 Å². The van der Waals surface area contributed by atoms with Crippen molar-refractivity contribution in [2.24, 2.45) is 0 Å². The van der Waals surface area contributed by atoms with Crippen molar-refractivity contribution in [1.82, 2.24) is 10.2 Å². The molecular weight excluding hydrogens is 408 g/mol. The molecule has 31 heavy (non-hydrogen) atoms. The van der Waals surface area contributed by atoms with Crippen molar-refractivity contribution in [2.45, 2.75) is 71.9 Å². The Morgan fingerprint density at radius 1 is 0.968 bits per heavy atom. The summed E-state index contributed by atoms with van der Waals surface area (Å²) < 4.78 is 0. The van der Waals surface area contributed by atoms with Gasteiger partial charge < -0.3 is 10.2 Å². The van der Waals surface area contributed by atoms with Gasteiger partial charge in [0, 0.05) is 24.5 Å². The molecule has 0 spiro atoms. The maximum absolute atomic E-state index is 13.2. The van der Waals surface area contributed by atoms with Gasteiger partial charge in [-0.15, -0.1) is 0 Å². The standard InChI is InChI=1S/C26H35ClN2O2/c1-6-23(25(31)28-7-2)29(18-20-10-15-22(27)16-11-20)24(30)17-12-19-8-13-21(14-9-19)26(3,4)5/h8-11,13-16,23H,6-7,12,17-18H2,1-5H3,(H,28,31). The van der Waals surface area contributed by atoms with E-state index >= 15 is 0 Å². The molecule has 0 aliphatic heterocycles. The summed E-state index contributed by atoms with van der Waals surface area (Å²) in [6.07, 6.45) is 1.57. The molecule has 1 unspecified atom stereocenters. The van der Waals surface area contributed by atoms with Crippen molar-refractivity contribution in [3.05, 3.63) is 70.2 Å². The van der Waals surface area contributed by atoms with Crippen LogP contribution in [0.3, 0.4) is 0 Å². The van der Waals surface area contributed by atoms with E-state index in [4.69, 9.17) is 11.6 Å². The number of nitrogens with one attached hydrogen (secondary N) is 1. The number of carbonyl (C=O) groups excluding carboxylic acids is 2. The van der Waals surface area contributed by atoms with Crippen LogP contribution < -0.4 is 5.32 Å². The maximum Gasteiger partial charge on any atom is 0.242 e. The van der Waals surface area contributed by atoms with Crippen LogP contribution in [0.2, 0.25) is 5.02 Å².